The summed E-state index contributed by atoms with van der Waals surface area (Å²) in [4.78, 5) is 34.1. The van der Waals surface area contributed by atoms with E-state index in [1.54, 1.807) is 11.3 Å². The average Bonchev–Trinajstić information content (AvgIpc) is 2.99. The van der Waals surface area contributed by atoms with Gasteiger partial charge in [-0.3, -0.25) is 14.6 Å². The van der Waals surface area contributed by atoms with Gasteiger partial charge >= 0.3 is 12.0 Å². The number of nitrogens with zero attached hydrogens (tertiary/aromatic N) is 4. The number of urea groups is 1. The maximum absolute atomic E-state index is 12.6. The first-order chi connectivity index (χ1) is 13.0. The van der Waals surface area contributed by atoms with Gasteiger partial charge in [0.05, 0.1) is 17.7 Å². The largest absolute Gasteiger partial charge is 0.480 e. The summed E-state index contributed by atoms with van der Waals surface area (Å²) >= 11 is 1.61. The van der Waals surface area contributed by atoms with Crippen LogP contribution in [0, 0.1) is 0 Å². The first-order valence-corrected chi connectivity index (χ1v) is 10.6. The molecule has 2 fully saturated rings. The van der Waals surface area contributed by atoms with E-state index in [1.165, 1.54) is 0 Å². The summed E-state index contributed by atoms with van der Waals surface area (Å²) in [5.41, 5.74) is 2.95. The Hall–Kier alpha value is -1.71. The zero-order valence-corrected chi connectivity index (χ0v) is 16.7. The number of rotatable bonds is 7. The molecule has 1 aliphatic heterocycles. The summed E-state index contributed by atoms with van der Waals surface area (Å²) in [6.45, 7) is 6.96. The monoisotopic (exact) mass is 395 g/mol. The molecule has 0 radical (unpaired) electrons. The van der Waals surface area contributed by atoms with Crippen LogP contribution in [0.4, 0.5) is 4.79 Å². The highest BCUT2D eigenvalue weighted by atomic mass is 32.1. The van der Waals surface area contributed by atoms with Crippen molar-refractivity contribution in [3.8, 4) is 0 Å². The third-order valence-corrected chi connectivity index (χ3v) is 6.08. The van der Waals surface area contributed by atoms with Crippen molar-refractivity contribution in [1.29, 1.82) is 0 Å². The lowest BCUT2D eigenvalue weighted by molar-refractivity contribution is -0.139. The molecule has 2 heterocycles. The van der Waals surface area contributed by atoms with Crippen molar-refractivity contribution in [2.24, 2.45) is 0 Å². The SMILES string of the molecule is CCN(CC(=O)O)C1CC(NC(=O)N2CCCN(Cc3cscn3)CC2)C1. The van der Waals surface area contributed by atoms with E-state index in [1.807, 2.05) is 22.2 Å². The van der Waals surface area contributed by atoms with Gasteiger partial charge in [0.15, 0.2) is 0 Å². The molecule has 3 rings (SSSR count). The van der Waals surface area contributed by atoms with Crippen LogP contribution >= 0.6 is 11.3 Å². The zero-order valence-electron chi connectivity index (χ0n) is 15.8. The van der Waals surface area contributed by atoms with Crippen molar-refractivity contribution >= 4 is 23.3 Å². The zero-order chi connectivity index (χ0) is 19.2. The summed E-state index contributed by atoms with van der Waals surface area (Å²) in [6, 6.07) is 0.420. The first-order valence-electron chi connectivity index (χ1n) is 9.66. The van der Waals surface area contributed by atoms with Gasteiger partial charge in [-0.05, 0) is 25.8 Å². The molecule has 2 amide bonds. The van der Waals surface area contributed by atoms with Crippen LogP contribution in [0.3, 0.4) is 0 Å². The van der Waals surface area contributed by atoms with Crippen LogP contribution in [0.1, 0.15) is 31.9 Å². The quantitative estimate of drug-likeness (QED) is 0.723. The Morgan fingerprint density at radius 1 is 1.33 bits per heavy atom. The highest BCUT2D eigenvalue weighted by Gasteiger charge is 2.35. The lowest BCUT2D eigenvalue weighted by Crippen LogP contribution is -2.57. The topological polar surface area (TPSA) is 89.0 Å². The van der Waals surface area contributed by atoms with Crippen LogP contribution in [0.5, 0.6) is 0 Å². The fraction of sp³-hybridized carbons (Fsp3) is 0.722. The van der Waals surface area contributed by atoms with Gasteiger partial charge < -0.3 is 15.3 Å². The van der Waals surface area contributed by atoms with E-state index in [0.717, 1.165) is 64.2 Å². The number of amides is 2. The molecular weight excluding hydrogens is 366 g/mol. The molecule has 2 aliphatic rings. The van der Waals surface area contributed by atoms with E-state index in [0.29, 0.717) is 0 Å². The van der Waals surface area contributed by atoms with E-state index < -0.39 is 5.97 Å². The van der Waals surface area contributed by atoms with E-state index >= 15 is 0 Å². The number of hydrogen-bond acceptors (Lipinski definition) is 6. The molecule has 27 heavy (non-hydrogen) atoms. The van der Waals surface area contributed by atoms with Crippen LogP contribution in [0.25, 0.3) is 0 Å². The van der Waals surface area contributed by atoms with Gasteiger partial charge in [-0.25, -0.2) is 9.78 Å². The van der Waals surface area contributed by atoms with Gasteiger partial charge in [0.1, 0.15) is 0 Å². The number of carboxylic acids is 1. The molecule has 150 valence electrons. The fourth-order valence-electron chi connectivity index (χ4n) is 3.82. The highest BCUT2D eigenvalue weighted by Crippen LogP contribution is 2.25. The van der Waals surface area contributed by atoms with E-state index in [4.69, 9.17) is 5.11 Å². The molecular formula is C18H29N5O3S. The Morgan fingerprint density at radius 3 is 2.81 bits per heavy atom. The van der Waals surface area contributed by atoms with Gasteiger partial charge in [0.25, 0.3) is 0 Å². The molecule has 8 nitrogen and oxygen atoms in total. The summed E-state index contributed by atoms with van der Waals surface area (Å²) in [6.07, 6.45) is 2.63. The molecule has 0 spiro atoms. The number of hydrogen-bond donors (Lipinski definition) is 2. The second-order valence-electron chi connectivity index (χ2n) is 7.33. The maximum atomic E-state index is 12.6. The average molecular weight is 396 g/mol. The third-order valence-electron chi connectivity index (χ3n) is 5.45. The highest BCUT2D eigenvalue weighted by molar-refractivity contribution is 7.07. The van der Waals surface area contributed by atoms with Crippen LogP contribution < -0.4 is 5.32 Å². The molecule has 0 atom stereocenters. The summed E-state index contributed by atoms with van der Waals surface area (Å²) in [7, 11) is 0. The first kappa shape index (κ1) is 20.0. The smallest absolute Gasteiger partial charge is 0.317 e. The van der Waals surface area contributed by atoms with Gasteiger partial charge in [0.2, 0.25) is 0 Å². The fourth-order valence-corrected chi connectivity index (χ4v) is 4.37. The number of likely N-dealkylation sites (N-methyl/N-ethyl adjacent to an activating group) is 1. The second kappa shape index (κ2) is 9.48. The number of thiazole rings is 1. The number of aromatic nitrogens is 1. The molecule has 9 heteroatoms. The number of aliphatic carboxylic acids is 1. The Labute approximate surface area is 164 Å². The van der Waals surface area contributed by atoms with E-state index in [-0.39, 0.29) is 24.7 Å². The summed E-state index contributed by atoms with van der Waals surface area (Å²) in [5.74, 6) is -0.795. The Morgan fingerprint density at radius 2 is 2.15 bits per heavy atom. The number of carboxylic acid groups (broad SMARTS) is 1. The van der Waals surface area contributed by atoms with Gasteiger partial charge in [0, 0.05) is 50.2 Å². The van der Waals surface area contributed by atoms with Crippen molar-refractivity contribution in [2.45, 2.75) is 44.8 Å². The molecule has 0 bridgehead atoms. The molecule has 1 saturated heterocycles. The number of carbonyl (C=O) groups excluding carboxylic acids is 1. The van der Waals surface area contributed by atoms with Gasteiger partial charge in [-0.15, -0.1) is 11.3 Å². The maximum Gasteiger partial charge on any atom is 0.317 e. The van der Waals surface area contributed by atoms with E-state index in [9.17, 15) is 9.59 Å². The lowest BCUT2D eigenvalue weighted by Gasteiger charge is -2.42. The minimum absolute atomic E-state index is 0.00948. The molecule has 0 unspecified atom stereocenters. The third kappa shape index (κ3) is 5.63. The normalized spacial score (nSPS) is 23.7. The van der Waals surface area contributed by atoms with Gasteiger partial charge in [-0.1, -0.05) is 6.92 Å². The van der Waals surface area contributed by atoms with Crippen molar-refractivity contribution < 1.29 is 14.7 Å². The van der Waals surface area contributed by atoms with Crippen LogP contribution in [-0.2, 0) is 11.3 Å². The molecule has 1 aliphatic carbocycles. The van der Waals surface area contributed by atoms with Crippen LogP contribution in [0.15, 0.2) is 10.9 Å². The second-order valence-corrected chi connectivity index (χ2v) is 8.04. The van der Waals surface area contributed by atoms with Crippen LogP contribution in [-0.4, -0.2) is 88.1 Å². The number of carbonyl (C=O) groups is 2. The Bertz CT molecular complexity index is 621. The van der Waals surface area contributed by atoms with E-state index in [2.05, 4.69) is 20.6 Å². The molecule has 1 saturated carbocycles. The number of nitrogens with one attached hydrogen (secondary N) is 1. The summed E-state index contributed by atoms with van der Waals surface area (Å²) in [5, 5.41) is 14.2. The van der Waals surface area contributed by atoms with Crippen molar-refractivity contribution in [2.75, 3.05) is 39.3 Å². The Kier molecular flexibility index (Phi) is 7.03. The minimum Gasteiger partial charge on any atom is -0.480 e. The molecule has 1 aromatic rings. The van der Waals surface area contributed by atoms with Crippen molar-refractivity contribution in [3.63, 3.8) is 0 Å². The van der Waals surface area contributed by atoms with Crippen LogP contribution in [0.2, 0.25) is 0 Å². The van der Waals surface area contributed by atoms with Crippen molar-refractivity contribution in [1.82, 2.24) is 25.0 Å². The molecule has 0 aromatic carbocycles. The van der Waals surface area contributed by atoms with Gasteiger partial charge in [-0.2, -0.15) is 0 Å². The molecule has 2 N–H and O–H groups in total. The molecule has 1 aromatic heterocycles. The predicted molar refractivity (Wildman–Crippen MR) is 104 cm³/mol. The lowest BCUT2D eigenvalue weighted by atomic mass is 9.85. The Balaban J connectivity index is 1.39. The summed E-state index contributed by atoms with van der Waals surface area (Å²) < 4.78 is 0. The van der Waals surface area contributed by atoms with Crippen molar-refractivity contribution in [3.05, 3.63) is 16.6 Å². The minimum atomic E-state index is -0.795. The standard InChI is InChI=1S/C18H29N5O3S/c1-2-22(11-17(24)25)16-8-14(9-16)20-18(26)23-5-3-4-21(6-7-23)10-15-12-27-13-19-15/h12-14,16H,2-11H2,1H3,(H,20,26)(H,24,25). The predicted octanol–water partition coefficient (Wildman–Crippen LogP) is 1.30.